The first-order valence-corrected chi connectivity index (χ1v) is 5.52. The fraction of sp³-hybridized carbons (Fsp3) is 0.700. The van der Waals surface area contributed by atoms with E-state index in [4.69, 9.17) is 5.11 Å². The van der Waals surface area contributed by atoms with Crippen molar-refractivity contribution in [3.63, 3.8) is 0 Å². The Morgan fingerprint density at radius 3 is 2.15 bits per heavy atom. The zero-order valence-electron chi connectivity index (χ0n) is 10.5. The number of halogens is 6. The molecule has 1 heterocycles. The second kappa shape index (κ2) is 5.60. The third-order valence-corrected chi connectivity index (χ3v) is 2.81. The van der Waals surface area contributed by atoms with Crippen LogP contribution in [-0.4, -0.2) is 34.2 Å². The van der Waals surface area contributed by atoms with Crippen molar-refractivity contribution in [1.82, 2.24) is 15.1 Å². The fourth-order valence-electron chi connectivity index (χ4n) is 1.82. The van der Waals surface area contributed by atoms with Crippen LogP contribution in [0, 0.1) is 0 Å². The predicted octanol–water partition coefficient (Wildman–Crippen LogP) is 2.11. The molecular formula is C10H13F6N3O. The number of hydrogen-bond acceptors (Lipinski definition) is 3. The maximum atomic E-state index is 12.7. The number of hydrogen-bond donors (Lipinski definition) is 2. The van der Waals surface area contributed by atoms with Gasteiger partial charge in [-0.25, -0.2) is 0 Å². The quantitative estimate of drug-likeness (QED) is 0.838. The molecule has 0 radical (unpaired) electrons. The second-order valence-electron chi connectivity index (χ2n) is 4.19. The summed E-state index contributed by atoms with van der Waals surface area (Å²) in [6.07, 6.45) is -8.71. The molecule has 1 aromatic rings. The Bertz CT molecular complexity index is 453. The highest BCUT2D eigenvalue weighted by molar-refractivity contribution is 5.19. The van der Waals surface area contributed by atoms with Gasteiger partial charge in [0, 0.05) is 11.8 Å². The van der Waals surface area contributed by atoms with E-state index in [-0.39, 0.29) is 0 Å². The molecule has 2 N–H and O–H groups in total. The van der Waals surface area contributed by atoms with E-state index in [0.29, 0.717) is 4.68 Å². The topological polar surface area (TPSA) is 50.1 Å². The summed E-state index contributed by atoms with van der Waals surface area (Å²) in [5, 5.41) is 14.0. The summed E-state index contributed by atoms with van der Waals surface area (Å²) in [5.41, 5.74) is -1.95. The van der Waals surface area contributed by atoms with E-state index in [1.807, 2.05) is 5.32 Å². The lowest BCUT2D eigenvalue weighted by atomic mass is 10.1. The number of rotatable bonds is 4. The molecule has 0 saturated carbocycles. The zero-order valence-corrected chi connectivity index (χ0v) is 10.5. The second-order valence-corrected chi connectivity index (χ2v) is 4.19. The number of alkyl halides is 6. The average Bonchev–Trinajstić information content (AvgIpc) is 2.71. The molecule has 2 atom stereocenters. The van der Waals surface area contributed by atoms with Gasteiger partial charge in [-0.15, -0.1) is 0 Å². The SMILES string of the molecule is CN[C@@H](C(C)n1cc(CO)c(C(F)(F)F)n1)C(F)(F)F. The first-order chi connectivity index (χ1) is 9.02. The molecule has 1 aromatic heterocycles. The summed E-state index contributed by atoms with van der Waals surface area (Å²) in [5.74, 6) is 0. The van der Waals surface area contributed by atoms with Crippen LogP contribution in [0.2, 0.25) is 0 Å². The largest absolute Gasteiger partial charge is 0.435 e. The van der Waals surface area contributed by atoms with E-state index in [9.17, 15) is 26.3 Å². The Kier molecular flexibility index (Phi) is 4.70. The molecule has 0 saturated heterocycles. The van der Waals surface area contributed by atoms with Crippen LogP contribution in [0.15, 0.2) is 6.20 Å². The minimum atomic E-state index is -4.84. The summed E-state index contributed by atoms with van der Waals surface area (Å²) in [7, 11) is 1.05. The lowest BCUT2D eigenvalue weighted by molar-refractivity contribution is -0.164. The molecule has 0 spiro atoms. The third-order valence-electron chi connectivity index (χ3n) is 2.81. The van der Waals surface area contributed by atoms with Gasteiger partial charge >= 0.3 is 12.4 Å². The van der Waals surface area contributed by atoms with Gasteiger partial charge in [-0.3, -0.25) is 4.68 Å². The third kappa shape index (κ3) is 3.42. The van der Waals surface area contributed by atoms with Crippen LogP contribution in [0.25, 0.3) is 0 Å². The van der Waals surface area contributed by atoms with Crippen molar-refractivity contribution < 1.29 is 31.4 Å². The zero-order chi connectivity index (χ0) is 15.7. The van der Waals surface area contributed by atoms with Gasteiger partial charge in [-0.05, 0) is 14.0 Å². The number of likely N-dealkylation sites (N-methyl/N-ethyl adjacent to an activating group) is 1. The molecule has 0 aliphatic rings. The van der Waals surface area contributed by atoms with Crippen LogP contribution in [0.4, 0.5) is 26.3 Å². The molecule has 0 amide bonds. The van der Waals surface area contributed by atoms with Crippen molar-refractivity contribution in [3.8, 4) is 0 Å². The monoisotopic (exact) mass is 305 g/mol. The smallest absolute Gasteiger partial charge is 0.392 e. The van der Waals surface area contributed by atoms with Crippen molar-refractivity contribution in [2.75, 3.05) is 7.05 Å². The molecule has 0 fully saturated rings. The van der Waals surface area contributed by atoms with Gasteiger partial charge in [0.05, 0.1) is 12.6 Å². The molecule has 0 aliphatic carbocycles. The molecule has 116 valence electrons. The molecule has 1 unspecified atom stereocenters. The Labute approximate surface area is 110 Å². The molecule has 10 heteroatoms. The molecule has 4 nitrogen and oxygen atoms in total. The van der Waals surface area contributed by atoms with E-state index in [1.54, 1.807) is 0 Å². The van der Waals surface area contributed by atoms with E-state index < -0.39 is 42.3 Å². The van der Waals surface area contributed by atoms with Crippen molar-refractivity contribution in [2.45, 2.75) is 38.0 Å². The van der Waals surface area contributed by atoms with Gasteiger partial charge in [0.2, 0.25) is 0 Å². The lowest BCUT2D eigenvalue weighted by Crippen LogP contribution is -2.46. The van der Waals surface area contributed by atoms with Crippen molar-refractivity contribution in [2.24, 2.45) is 0 Å². The summed E-state index contributed by atoms with van der Waals surface area (Å²) in [4.78, 5) is 0. The minimum absolute atomic E-state index is 0.559. The minimum Gasteiger partial charge on any atom is -0.392 e. The Balaban J connectivity index is 3.17. The van der Waals surface area contributed by atoms with Crippen LogP contribution in [0.1, 0.15) is 24.2 Å². The Morgan fingerprint density at radius 1 is 1.30 bits per heavy atom. The lowest BCUT2D eigenvalue weighted by Gasteiger charge is -2.26. The predicted molar refractivity (Wildman–Crippen MR) is 56.8 cm³/mol. The van der Waals surface area contributed by atoms with Crippen molar-refractivity contribution >= 4 is 0 Å². The van der Waals surface area contributed by atoms with Crippen molar-refractivity contribution in [3.05, 3.63) is 17.5 Å². The fourth-order valence-corrected chi connectivity index (χ4v) is 1.82. The highest BCUT2D eigenvalue weighted by Crippen LogP contribution is 2.33. The number of nitrogens with zero attached hydrogens (tertiary/aromatic N) is 2. The first-order valence-electron chi connectivity index (χ1n) is 5.52. The van der Waals surface area contributed by atoms with E-state index in [2.05, 4.69) is 5.10 Å². The van der Waals surface area contributed by atoms with Crippen LogP contribution in [0.5, 0.6) is 0 Å². The number of aromatic nitrogens is 2. The average molecular weight is 305 g/mol. The van der Waals surface area contributed by atoms with Gasteiger partial charge in [0.25, 0.3) is 0 Å². The molecule has 0 aliphatic heterocycles. The van der Waals surface area contributed by atoms with Gasteiger partial charge in [0.1, 0.15) is 6.04 Å². The van der Waals surface area contributed by atoms with Gasteiger partial charge in [-0.1, -0.05) is 0 Å². The number of aliphatic hydroxyl groups excluding tert-OH is 1. The van der Waals surface area contributed by atoms with Gasteiger partial charge < -0.3 is 10.4 Å². The van der Waals surface area contributed by atoms with E-state index in [1.165, 1.54) is 0 Å². The highest BCUT2D eigenvalue weighted by Gasteiger charge is 2.44. The normalized spacial score (nSPS) is 16.2. The van der Waals surface area contributed by atoms with Crippen molar-refractivity contribution in [1.29, 1.82) is 0 Å². The van der Waals surface area contributed by atoms with Crippen LogP contribution >= 0.6 is 0 Å². The number of nitrogens with one attached hydrogen (secondary N) is 1. The molecular weight excluding hydrogens is 292 g/mol. The van der Waals surface area contributed by atoms with E-state index >= 15 is 0 Å². The maximum absolute atomic E-state index is 12.7. The van der Waals surface area contributed by atoms with Crippen LogP contribution < -0.4 is 5.32 Å². The first kappa shape index (κ1) is 16.8. The highest BCUT2D eigenvalue weighted by atomic mass is 19.4. The molecule has 20 heavy (non-hydrogen) atoms. The summed E-state index contributed by atoms with van der Waals surface area (Å²) < 4.78 is 76.5. The van der Waals surface area contributed by atoms with E-state index in [0.717, 1.165) is 20.2 Å². The molecule has 0 aromatic carbocycles. The Morgan fingerprint density at radius 2 is 1.85 bits per heavy atom. The summed E-state index contributed by atoms with van der Waals surface area (Å²) >= 11 is 0. The number of aliphatic hydroxyl groups is 1. The van der Waals surface area contributed by atoms with Crippen LogP contribution in [0.3, 0.4) is 0 Å². The standard InChI is InChI=1S/C10H13F6N3O/c1-5(7(17-2)9(11,12)13)19-3-6(4-20)8(18-19)10(14,15)16/h3,5,7,17,20H,4H2,1-2H3/t5?,7-/m0/s1. The van der Waals surface area contributed by atoms with Gasteiger partial charge in [0.15, 0.2) is 5.69 Å². The maximum Gasteiger partial charge on any atom is 0.435 e. The molecule has 0 bridgehead atoms. The van der Waals surface area contributed by atoms with Gasteiger partial charge in [-0.2, -0.15) is 31.4 Å². The Hall–Kier alpha value is -1.29. The summed E-state index contributed by atoms with van der Waals surface area (Å²) in [6, 6.07) is -3.46. The molecule has 1 rings (SSSR count). The summed E-state index contributed by atoms with van der Waals surface area (Å²) in [6.45, 7) is 0.126. The van der Waals surface area contributed by atoms with Crippen LogP contribution in [-0.2, 0) is 12.8 Å².